The molecule has 0 radical (unpaired) electrons. The SMILES string of the molecule is O=C(Nc1ccc(Cl)cn1)c1sc2ncccc2c1NC(=O)[C@H]1CC[C@H](N2CCOCC2=O)CC1. The number of nitrogens with one attached hydrogen (secondary N) is 2. The Balaban J connectivity index is 1.30. The van der Waals surface area contributed by atoms with Gasteiger partial charge in [-0.25, -0.2) is 9.97 Å². The second-order valence-corrected chi connectivity index (χ2v) is 10.0. The number of nitrogens with zero attached hydrogens (tertiary/aromatic N) is 3. The molecule has 2 aliphatic rings. The third-order valence-electron chi connectivity index (χ3n) is 6.42. The number of pyridine rings is 2. The Bertz CT molecular complexity index is 1260. The van der Waals surface area contributed by atoms with Gasteiger partial charge in [-0.1, -0.05) is 11.6 Å². The Labute approximate surface area is 210 Å². The molecule has 0 unspecified atom stereocenters. The highest BCUT2D eigenvalue weighted by Gasteiger charge is 2.33. The molecule has 3 aromatic heterocycles. The number of carbonyl (C=O) groups excluding carboxylic acids is 3. The molecule has 2 fully saturated rings. The summed E-state index contributed by atoms with van der Waals surface area (Å²) in [4.78, 5) is 49.9. The lowest BCUT2D eigenvalue weighted by atomic mass is 9.84. The van der Waals surface area contributed by atoms with Gasteiger partial charge < -0.3 is 20.3 Å². The van der Waals surface area contributed by atoms with E-state index in [9.17, 15) is 14.4 Å². The van der Waals surface area contributed by atoms with Gasteiger partial charge in [0.15, 0.2) is 0 Å². The number of aromatic nitrogens is 2. The predicted molar refractivity (Wildman–Crippen MR) is 134 cm³/mol. The average Bonchev–Trinajstić information content (AvgIpc) is 3.24. The van der Waals surface area contributed by atoms with E-state index in [1.165, 1.54) is 17.5 Å². The van der Waals surface area contributed by atoms with E-state index < -0.39 is 0 Å². The van der Waals surface area contributed by atoms with Crippen LogP contribution < -0.4 is 10.6 Å². The van der Waals surface area contributed by atoms with Crippen LogP contribution in [0.25, 0.3) is 10.2 Å². The van der Waals surface area contributed by atoms with E-state index in [1.807, 2.05) is 11.0 Å². The number of amides is 3. The number of carbonyl (C=O) groups is 3. The topological polar surface area (TPSA) is 114 Å². The highest BCUT2D eigenvalue weighted by atomic mass is 35.5. The fourth-order valence-electron chi connectivity index (χ4n) is 4.63. The second kappa shape index (κ2) is 10.3. The summed E-state index contributed by atoms with van der Waals surface area (Å²) in [6.07, 6.45) is 6.00. The number of morpholine rings is 1. The van der Waals surface area contributed by atoms with Gasteiger partial charge in [-0.3, -0.25) is 14.4 Å². The Hall–Kier alpha value is -3.08. The first-order chi connectivity index (χ1) is 17.0. The average molecular weight is 514 g/mol. The predicted octanol–water partition coefficient (Wildman–Crippen LogP) is 3.95. The molecule has 182 valence electrons. The second-order valence-electron chi connectivity index (χ2n) is 8.61. The van der Waals surface area contributed by atoms with Crippen LogP contribution >= 0.6 is 22.9 Å². The zero-order valence-electron chi connectivity index (χ0n) is 18.8. The van der Waals surface area contributed by atoms with Crippen LogP contribution in [0.1, 0.15) is 35.4 Å². The lowest BCUT2D eigenvalue weighted by molar-refractivity contribution is -0.146. The zero-order chi connectivity index (χ0) is 24.4. The molecule has 0 atom stereocenters. The van der Waals surface area contributed by atoms with E-state index >= 15 is 0 Å². The minimum absolute atomic E-state index is 0.0206. The molecule has 2 N–H and O–H groups in total. The van der Waals surface area contributed by atoms with Crippen molar-refractivity contribution in [3.05, 3.63) is 46.6 Å². The minimum Gasteiger partial charge on any atom is -0.370 e. The number of halogens is 1. The first-order valence-electron chi connectivity index (χ1n) is 11.5. The minimum atomic E-state index is -0.382. The number of thiophene rings is 1. The summed E-state index contributed by atoms with van der Waals surface area (Å²) in [6, 6.07) is 7.02. The maximum Gasteiger partial charge on any atom is 0.269 e. The van der Waals surface area contributed by atoms with Crippen LogP contribution in [0.5, 0.6) is 0 Å². The van der Waals surface area contributed by atoms with Crippen molar-refractivity contribution in [1.82, 2.24) is 14.9 Å². The summed E-state index contributed by atoms with van der Waals surface area (Å²) in [6.45, 7) is 1.30. The highest BCUT2D eigenvalue weighted by molar-refractivity contribution is 7.21. The lowest BCUT2D eigenvalue weighted by Gasteiger charge is -2.38. The molecule has 9 nitrogen and oxygen atoms in total. The molecule has 5 rings (SSSR count). The van der Waals surface area contributed by atoms with Gasteiger partial charge >= 0.3 is 0 Å². The molecule has 1 aliphatic carbocycles. The molecule has 0 bridgehead atoms. The number of rotatable bonds is 5. The van der Waals surface area contributed by atoms with E-state index in [4.69, 9.17) is 16.3 Å². The molecule has 1 saturated carbocycles. The van der Waals surface area contributed by atoms with Gasteiger partial charge in [0.05, 0.1) is 17.3 Å². The molecule has 35 heavy (non-hydrogen) atoms. The molecule has 4 heterocycles. The van der Waals surface area contributed by atoms with Gasteiger partial charge in [0.1, 0.15) is 22.1 Å². The fourth-order valence-corrected chi connectivity index (χ4v) is 5.74. The summed E-state index contributed by atoms with van der Waals surface area (Å²) in [5.74, 6) is -0.320. The van der Waals surface area contributed by atoms with Gasteiger partial charge in [-0.05, 0) is 49.9 Å². The number of hydrogen-bond acceptors (Lipinski definition) is 7. The van der Waals surface area contributed by atoms with Gasteiger partial charge in [-0.15, -0.1) is 11.3 Å². The third kappa shape index (κ3) is 5.14. The first kappa shape index (κ1) is 23.7. The number of anilines is 2. The van der Waals surface area contributed by atoms with Crippen molar-refractivity contribution in [3.63, 3.8) is 0 Å². The molecule has 0 aromatic carbocycles. The maximum atomic E-state index is 13.2. The van der Waals surface area contributed by atoms with E-state index in [-0.39, 0.29) is 36.3 Å². The zero-order valence-corrected chi connectivity index (χ0v) is 20.4. The Kier molecular flexibility index (Phi) is 6.94. The third-order valence-corrected chi connectivity index (χ3v) is 7.76. The molecular formula is C24H24ClN5O4S. The van der Waals surface area contributed by atoms with Crippen molar-refractivity contribution in [2.24, 2.45) is 5.92 Å². The van der Waals surface area contributed by atoms with Crippen molar-refractivity contribution >= 4 is 62.4 Å². The fraction of sp³-hybridized carbons (Fsp3) is 0.375. The molecule has 11 heteroatoms. The van der Waals surface area contributed by atoms with Crippen LogP contribution in [0, 0.1) is 5.92 Å². The number of fused-ring (bicyclic) bond motifs is 1. The quantitative estimate of drug-likeness (QED) is 0.534. The Morgan fingerprint density at radius 3 is 2.69 bits per heavy atom. The van der Waals surface area contributed by atoms with Crippen LogP contribution in [-0.2, 0) is 14.3 Å². The number of ether oxygens (including phenoxy) is 1. The smallest absolute Gasteiger partial charge is 0.269 e. The van der Waals surface area contributed by atoms with E-state index in [2.05, 4.69) is 20.6 Å². The van der Waals surface area contributed by atoms with Crippen molar-refractivity contribution in [3.8, 4) is 0 Å². The van der Waals surface area contributed by atoms with Gasteiger partial charge in [0.25, 0.3) is 5.91 Å². The van der Waals surface area contributed by atoms with Crippen LogP contribution in [-0.4, -0.2) is 58.4 Å². The van der Waals surface area contributed by atoms with Gasteiger partial charge in [0.2, 0.25) is 11.8 Å². The molecule has 3 amide bonds. The standard InChI is InChI=1S/C24H24ClN5O4S/c25-15-5-8-18(27-12-15)28-23(33)21-20(17-2-1-9-26-24(17)35-21)29-22(32)14-3-6-16(7-4-14)30-10-11-34-13-19(30)31/h1-2,5,8-9,12,14,16H,3-4,6-7,10-11,13H2,(H,29,32)(H,27,28,33)/t14-,16-. The highest BCUT2D eigenvalue weighted by Crippen LogP contribution is 2.36. The van der Waals surface area contributed by atoms with Gasteiger partial charge in [-0.2, -0.15) is 0 Å². The van der Waals surface area contributed by atoms with Crippen LogP contribution in [0.4, 0.5) is 11.5 Å². The molecule has 1 aliphatic heterocycles. The summed E-state index contributed by atoms with van der Waals surface area (Å²) in [5.41, 5.74) is 0.458. The maximum absolute atomic E-state index is 13.2. The first-order valence-corrected chi connectivity index (χ1v) is 12.7. The Morgan fingerprint density at radius 2 is 1.94 bits per heavy atom. The van der Waals surface area contributed by atoms with E-state index in [1.54, 1.807) is 24.4 Å². The van der Waals surface area contributed by atoms with Crippen LogP contribution in [0.2, 0.25) is 5.02 Å². The van der Waals surface area contributed by atoms with Crippen molar-refractivity contribution in [1.29, 1.82) is 0 Å². The Morgan fingerprint density at radius 1 is 1.11 bits per heavy atom. The van der Waals surface area contributed by atoms with E-state index in [0.717, 1.165) is 12.8 Å². The van der Waals surface area contributed by atoms with Crippen LogP contribution in [0.15, 0.2) is 36.7 Å². The van der Waals surface area contributed by atoms with E-state index in [0.29, 0.717) is 57.6 Å². The molecular weight excluding hydrogens is 490 g/mol. The molecule has 0 spiro atoms. The summed E-state index contributed by atoms with van der Waals surface area (Å²) < 4.78 is 5.23. The largest absolute Gasteiger partial charge is 0.370 e. The normalized spacial score (nSPS) is 20.6. The summed E-state index contributed by atoms with van der Waals surface area (Å²) >= 11 is 7.10. The molecule has 1 saturated heterocycles. The van der Waals surface area contributed by atoms with Gasteiger partial charge in [0, 0.05) is 36.3 Å². The summed E-state index contributed by atoms with van der Waals surface area (Å²) in [5, 5.41) is 6.95. The van der Waals surface area contributed by atoms with Crippen molar-refractivity contribution in [2.45, 2.75) is 31.7 Å². The molecule has 3 aromatic rings. The lowest BCUT2D eigenvalue weighted by Crippen LogP contribution is -2.49. The summed E-state index contributed by atoms with van der Waals surface area (Å²) in [7, 11) is 0. The van der Waals surface area contributed by atoms with Crippen molar-refractivity contribution in [2.75, 3.05) is 30.4 Å². The monoisotopic (exact) mass is 513 g/mol. The van der Waals surface area contributed by atoms with Crippen LogP contribution in [0.3, 0.4) is 0 Å². The number of hydrogen-bond donors (Lipinski definition) is 2. The van der Waals surface area contributed by atoms with Crippen molar-refractivity contribution < 1.29 is 19.1 Å².